The molecule has 3 rings (SSSR count). The molecule has 0 saturated carbocycles. The van der Waals surface area contributed by atoms with Gasteiger partial charge < -0.3 is 33.0 Å². The predicted octanol–water partition coefficient (Wildman–Crippen LogP) is 12.4. The molecule has 22 heteroatoms. The fraction of sp³-hybridized carbons (Fsp3) is 0.475. The van der Waals surface area contributed by atoms with E-state index < -0.39 is 32.9 Å². The van der Waals surface area contributed by atoms with E-state index in [1.807, 2.05) is 91.0 Å². The Labute approximate surface area is 395 Å². The predicted molar refractivity (Wildman–Crippen MR) is 251 cm³/mol. The highest BCUT2D eigenvalue weighted by Gasteiger charge is 2.25. The maximum absolute atomic E-state index is 11.9. The third-order valence-corrected chi connectivity index (χ3v) is 12.5. The topological polar surface area (TPSA) is 189 Å². The molecule has 0 amide bonds. The second-order valence-electron chi connectivity index (χ2n) is 12.9. The minimum Gasteiger partial charge on any atom is -0.461 e. The molecule has 0 fully saturated rings. The minimum absolute atomic E-state index is 0.123. The monoisotopic (exact) mass is 1050 g/mol. The zero-order valence-corrected chi connectivity index (χ0v) is 42.4. The molecule has 0 aliphatic heterocycles. The van der Waals surface area contributed by atoms with Crippen molar-refractivity contribution >= 4 is 108 Å². The molecule has 2 N–H and O–H groups in total. The van der Waals surface area contributed by atoms with Crippen molar-refractivity contribution in [2.24, 2.45) is 17.8 Å². The number of esters is 3. The van der Waals surface area contributed by atoms with E-state index in [0.717, 1.165) is 16.7 Å². The molecular weight excluding hydrogens is 994 g/mol. The Balaban J connectivity index is 0. The number of hydrogen-bond donors (Lipinski definition) is 2. The maximum Gasteiger partial charge on any atom is 0.330 e. The van der Waals surface area contributed by atoms with Crippen LogP contribution in [0.2, 0.25) is 0 Å². The number of carbonyl (C=O) groups is 3. The van der Waals surface area contributed by atoms with Gasteiger partial charge in [0.25, 0.3) is 5.85 Å². The van der Waals surface area contributed by atoms with Crippen LogP contribution in [0.25, 0.3) is 0 Å². The molecule has 0 spiro atoms. The van der Waals surface area contributed by atoms with Gasteiger partial charge in [-0.3, -0.25) is 28.1 Å². The molecule has 3 atom stereocenters. The summed E-state index contributed by atoms with van der Waals surface area (Å²) in [7, 11) is -4.43. The number of halogens is 6. The van der Waals surface area contributed by atoms with Crippen LogP contribution in [0.4, 0.5) is 0 Å². The van der Waals surface area contributed by atoms with Crippen LogP contribution in [-0.4, -0.2) is 71.1 Å². The fourth-order valence-corrected chi connectivity index (χ4v) is 7.50. The number of carbonyl (C=O) groups excluding carboxylic acids is 3. The van der Waals surface area contributed by atoms with Crippen molar-refractivity contribution in [1.29, 1.82) is 0 Å². The van der Waals surface area contributed by atoms with E-state index in [0.29, 0.717) is 12.8 Å². The van der Waals surface area contributed by atoms with Gasteiger partial charge in [0.05, 0.1) is 40.8 Å². The van der Waals surface area contributed by atoms with Crippen molar-refractivity contribution in [2.45, 2.75) is 59.9 Å². The first-order valence-corrected chi connectivity index (χ1v) is 28.1. The van der Waals surface area contributed by atoms with E-state index in [9.17, 15) is 28.1 Å². The third kappa shape index (κ3) is 35.7. The lowest BCUT2D eigenvalue weighted by atomic mass is 10.1. The standard InChI is InChI=1S/C14H21O5P.C12H15Cl2O3P.C12H17O5P.2CH2Cl2/c1-12(9-10-20(16,17-2)18-3)14(15)19-11-13-7-5-4-6-8-13;1-10(7-8-18(13,14)16)12(15)17-9-11-5-3-2-4-6-11;1-10(7-8-18(14,15)16)12(13)17-9-11-5-3-2-4-6-11;2*2-1-3/h4-8,12H,9-11H2,1-3H3;2-6,10H,7-9H2,1H3;2-6,10H,7-9H2,1H3,(H2,14,15,16);2*1H2/t12-;2*10-;;/m000../s1. The highest BCUT2D eigenvalue weighted by Crippen LogP contribution is 2.57. The van der Waals surface area contributed by atoms with Crippen molar-refractivity contribution in [1.82, 2.24) is 0 Å². The Morgan fingerprint density at radius 2 is 0.774 bits per heavy atom. The van der Waals surface area contributed by atoms with Crippen molar-refractivity contribution < 1.29 is 61.1 Å². The molecule has 0 aromatic heterocycles. The molecule has 0 heterocycles. The number of benzene rings is 3. The summed E-state index contributed by atoms with van der Waals surface area (Å²) in [5.41, 5.74) is 2.75. The van der Waals surface area contributed by atoms with Gasteiger partial charge in [0, 0.05) is 20.4 Å². The minimum atomic E-state index is -4.04. The van der Waals surface area contributed by atoms with Crippen LogP contribution in [0, 0.1) is 17.8 Å². The number of hydrogen-bond acceptors (Lipinski definition) is 11. The zero-order chi connectivity index (χ0) is 47.6. The van der Waals surface area contributed by atoms with Gasteiger partial charge in [0.15, 0.2) is 0 Å². The van der Waals surface area contributed by atoms with Crippen LogP contribution in [-0.2, 0) is 71.2 Å². The molecule has 352 valence electrons. The smallest absolute Gasteiger partial charge is 0.330 e. The van der Waals surface area contributed by atoms with Crippen LogP contribution >= 0.6 is 89.9 Å². The van der Waals surface area contributed by atoms with Gasteiger partial charge in [-0.15, -0.1) is 46.4 Å². The lowest BCUT2D eigenvalue weighted by Gasteiger charge is -2.16. The first-order chi connectivity index (χ1) is 29.1. The van der Waals surface area contributed by atoms with Gasteiger partial charge in [-0.1, -0.05) is 112 Å². The average molecular weight is 1050 g/mol. The summed E-state index contributed by atoms with van der Waals surface area (Å²) in [6.07, 6.45) is 0.899. The quantitative estimate of drug-likeness (QED) is 0.0471. The molecule has 0 aliphatic rings. The Kier molecular flexibility index (Phi) is 36.8. The second kappa shape index (κ2) is 36.5. The van der Waals surface area contributed by atoms with Crippen molar-refractivity contribution in [2.75, 3.05) is 43.4 Å². The molecule has 0 unspecified atom stereocenters. The molecule has 3 aromatic rings. The summed E-state index contributed by atoms with van der Waals surface area (Å²) in [5.74, 6) is -5.41. The third-order valence-electron chi connectivity index (χ3n) is 7.95. The zero-order valence-electron chi connectivity index (χ0n) is 35.2. The Bertz CT molecular complexity index is 1680. The van der Waals surface area contributed by atoms with Gasteiger partial charge in [-0.05, 0) is 58.4 Å². The highest BCUT2D eigenvalue weighted by atomic mass is 35.9. The van der Waals surface area contributed by atoms with Crippen LogP contribution in [0.3, 0.4) is 0 Å². The summed E-state index contributed by atoms with van der Waals surface area (Å²) >= 11 is 29.9. The second-order valence-corrected chi connectivity index (χ2v) is 24.1. The molecule has 3 aromatic carbocycles. The molecule has 0 radical (unpaired) electrons. The van der Waals surface area contributed by atoms with E-state index in [-0.39, 0.29) is 79.2 Å². The van der Waals surface area contributed by atoms with Gasteiger partial charge >= 0.3 is 33.1 Å². The van der Waals surface area contributed by atoms with Crippen molar-refractivity contribution in [3.63, 3.8) is 0 Å². The van der Waals surface area contributed by atoms with Crippen molar-refractivity contribution in [3.8, 4) is 0 Å². The Morgan fingerprint density at radius 1 is 0.516 bits per heavy atom. The number of ether oxygens (including phenoxy) is 3. The first-order valence-electron chi connectivity index (χ1n) is 18.7. The lowest BCUT2D eigenvalue weighted by molar-refractivity contribution is -0.150. The van der Waals surface area contributed by atoms with E-state index >= 15 is 0 Å². The molecule has 0 aliphatic carbocycles. The van der Waals surface area contributed by atoms with Gasteiger partial charge in [-0.25, -0.2) is 0 Å². The first kappa shape index (κ1) is 62.4. The van der Waals surface area contributed by atoms with Gasteiger partial charge in [-0.2, -0.15) is 0 Å². The van der Waals surface area contributed by atoms with E-state index in [1.165, 1.54) is 14.2 Å². The molecular formula is C40H57Cl6O13P3. The Hall–Kier alpha value is -1.66. The summed E-state index contributed by atoms with van der Waals surface area (Å²) in [6.45, 7) is 5.71. The van der Waals surface area contributed by atoms with E-state index in [2.05, 4.69) is 0 Å². The Morgan fingerprint density at radius 3 is 1.02 bits per heavy atom. The van der Waals surface area contributed by atoms with Gasteiger partial charge in [0.2, 0.25) is 0 Å². The molecule has 0 saturated heterocycles. The average Bonchev–Trinajstić information content (AvgIpc) is 3.25. The van der Waals surface area contributed by atoms with Crippen LogP contribution < -0.4 is 0 Å². The number of rotatable bonds is 20. The largest absolute Gasteiger partial charge is 0.461 e. The van der Waals surface area contributed by atoms with Crippen LogP contribution in [0.1, 0.15) is 56.7 Å². The normalized spacial score (nSPS) is 12.3. The molecule has 13 nitrogen and oxygen atoms in total. The summed E-state index contributed by atoms with van der Waals surface area (Å²) in [6, 6.07) is 28.1. The fourth-order valence-electron chi connectivity index (χ4n) is 4.28. The molecule has 0 bridgehead atoms. The van der Waals surface area contributed by atoms with Crippen LogP contribution in [0.5, 0.6) is 0 Å². The molecule has 62 heavy (non-hydrogen) atoms. The highest BCUT2D eigenvalue weighted by molar-refractivity contribution is 8.08. The number of alkyl halides is 4. The van der Waals surface area contributed by atoms with E-state index in [4.69, 9.17) is 102 Å². The summed E-state index contributed by atoms with van der Waals surface area (Å²) < 4.78 is 58.7. The lowest BCUT2D eigenvalue weighted by Crippen LogP contribution is -2.16. The summed E-state index contributed by atoms with van der Waals surface area (Å²) in [5, 5.41) is 0.389. The SMILES string of the molecule is COP(=O)(CC[C@H](C)C(=O)OCc1ccccc1)OC.C[C@@H](CCP(=O)(Cl)Cl)C(=O)OCc1ccccc1.C[C@@H](CCP(=O)(O)O)C(=O)OCc1ccccc1.ClCCl.ClCCl. The summed E-state index contributed by atoms with van der Waals surface area (Å²) in [4.78, 5) is 52.4. The van der Waals surface area contributed by atoms with Crippen molar-refractivity contribution in [3.05, 3.63) is 108 Å². The van der Waals surface area contributed by atoms with E-state index in [1.54, 1.807) is 20.8 Å². The van der Waals surface area contributed by atoms with Gasteiger partial charge in [0.1, 0.15) is 19.8 Å². The van der Waals surface area contributed by atoms with Crippen LogP contribution in [0.15, 0.2) is 91.0 Å². The maximum atomic E-state index is 11.9.